The summed E-state index contributed by atoms with van der Waals surface area (Å²) in [6.07, 6.45) is 84.0. The molecule has 3 N–H and O–H groups in total. The number of phosphoric ester groups is 1. The number of hydrogen-bond donors (Lipinski definition) is 2. The third-order valence-corrected chi connectivity index (χ3v) is 13.6. The fraction of sp³-hybridized carbons (Fsp3) is 0.667. The van der Waals surface area contributed by atoms with Crippen LogP contribution in [0.4, 0.5) is 0 Å². The molecule has 10 heteroatoms. The molecule has 0 aromatic carbocycles. The predicted molar refractivity (Wildman–Crippen MR) is 325 cm³/mol. The topological polar surface area (TPSA) is 134 Å². The molecule has 0 aromatic rings. The minimum Gasteiger partial charge on any atom is -0.462 e. The number of nitrogens with two attached hydrogens (primary N) is 1. The number of rotatable bonds is 56. The first-order valence-corrected chi connectivity index (χ1v) is 32.0. The Kier molecular flexibility index (Phi) is 57.8. The van der Waals surface area contributed by atoms with Gasteiger partial charge in [-0.3, -0.25) is 18.6 Å². The minimum absolute atomic E-state index is 0.0468. The highest BCUT2D eigenvalue weighted by Crippen LogP contribution is 2.43. The molecule has 0 aliphatic carbocycles. The van der Waals surface area contributed by atoms with Crippen molar-refractivity contribution in [2.24, 2.45) is 5.73 Å². The van der Waals surface area contributed by atoms with E-state index in [-0.39, 0.29) is 38.6 Å². The van der Waals surface area contributed by atoms with Gasteiger partial charge in [0, 0.05) is 19.4 Å². The molecule has 0 spiro atoms. The molecule has 76 heavy (non-hydrogen) atoms. The second-order valence-corrected chi connectivity index (χ2v) is 21.3. The zero-order valence-corrected chi connectivity index (χ0v) is 49.3. The van der Waals surface area contributed by atoms with Crippen molar-refractivity contribution in [1.82, 2.24) is 0 Å². The molecule has 0 aliphatic heterocycles. The van der Waals surface area contributed by atoms with E-state index in [2.05, 4.69) is 135 Å². The molecular weight excluding hydrogens is 966 g/mol. The fourth-order valence-electron chi connectivity index (χ4n) is 8.09. The molecule has 0 aliphatic rings. The van der Waals surface area contributed by atoms with Crippen LogP contribution in [-0.2, 0) is 32.7 Å². The molecule has 0 saturated heterocycles. The van der Waals surface area contributed by atoms with Crippen LogP contribution in [0.5, 0.6) is 0 Å². The van der Waals surface area contributed by atoms with E-state index in [9.17, 15) is 19.0 Å². The van der Waals surface area contributed by atoms with Crippen LogP contribution in [0.25, 0.3) is 0 Å². The van der Waals surface area contributed by atoms with Gasteiger partial charge in [-0.2, -0.15) is 0 Å². The zero-order valence-electron chi connectivity index (χ0n) is 48.4. The summed E-state index contributed by atoms with van der Waals surface area (Å²) in [4.78, 5) is 35.2. The van der Waals surface area contributed by atoms with Crippen molar-refractivity contribution in [2.45, 2.75) is 258 Å². The molecule has 434 valence electrons. The quantitative estimate of drug-likeness (QED) is 0.0264. The van der Waals surface area contributed by atoms with E-state index in [4.69, 9.17) is 24.3 Å². The van der Waals surface area contributed by atoms with Crippen LogP contribution in [0.3, 0.4) is 0 Å². The van der Waals surface area contributed by atoms with Crippen LogP contribution in [0.1, 0.15) is 251 Å². The van der Waals surface area contributed by atoms with Gasteiger partial charge in [-0.15, -0.1) is 0 Å². The molecule has 0 amide bonds. The number of phosphoric acid groups is 1. The molecular formula is C66H112NO8P. The maximum atomic E-state index is 12.7. The van der Waals surface area contributed by atoms with E-state index in [0.29, 0.717) is 6.42 Å². The third-order valence-electron chi connectivity index (χ3n) is 12.6. The summed E-state index contributed by atoms with van der Waals surface area (Å²) in [6, 6.07) is 0. The van der Waals surface area contributed by atoms with E-state index >= 15 is 0 Å². The average Bonchev–Trinajstić information content (AvgIpc) is 3.41. The lowest BCUT2D eigenvalue weighted by molar-refractivity contribution is -0.161. The van der Waals surface area contributed by atoms with Crippen molar-refractivity contribution >= 4 is 19.8 Å². The number of hydrogen-bond acceptors (Lipinski definition) is 8. The first-order valence-electron chi connectivity index (χ1n) is 30.5. The van der Waals surface area contributed by atoms with Gasteiger partial charge < -0.3 is 20.1 Å². The lowest BCUT2D eigenvalue weighted by atomic mass is 10.1. The monoisotopic (exact) mass is 1080 g/mol. The molecule has 0 heterocycles. The Hall–Kier alpha value is -3.59. The third kappa shape index (κ3) is 59.7. The van der Waals surface area contributed by atoms with Crippen LogP contribution >= 0.6 is 7.82 Å². The summed E-state index contributed by atoms with van der Waals surface area (Å²) >= 11 is 0. The molecule has 0 bridgehead atoms. The lowest BCUT2D eigenvalue weighted by Crippen LogP contribution is -2.29. The Morgan fingerprint density at radius 1 is 0.408 bits per heavy atom. The van der Waals surface area contributed by atoms with Crippen molar-refractivity contribution in [3.05, 3.63) is 122 Å². The molecule has 0 radical (unpaired) electrons. The number of ether oxygens (including phenoxy) is 2. The maximum absolute atomic E-state index is 12.7. The van der Waals surface area contributed by atoms with Crippen molar-refractivity contribution in [2.75, 3.05) is 26.4 Å². The summed E-state index contributed by atoms with van der Waals surface area (Å²) in [7, 11) is -4.40. The molecule has 2 unspecified atom stereocenters. The summed E-state index contributed by atoms with van der Waals surface area (Å²) < 4.78 is 33.0. The maximum Gasteiger partial charge on any atom is 0.472 e. The van der Waals surface area contributed by atoms with Crippen LogP contribution in [-0.4, -0.2) is 49.3 Å². The van der Waals surface area contributed by atoms with Crippen molar-refractivity contribution in [3.63, 3.8) is 0 Å². The lowest BCUT2D eigenvalue weighted by Gasteiger charge is -2.19. The van der Waals surface area contributed by atoms with Crippen LogP contribution in [0.2, 0.25) is 0 Å². The summed E-state index contributed by atoms with van der Waals surface area (Å²) in [6.45, 7) is 3.62. The van der Waals surface area contributed by atoms with Gasteiger partial charge >= 0.3 is 19.8 Å². The highest BCUT2D eigenvalue weighted by atomic mass is 31.2. The molecule has 9 nitrogen and oxygen atoms in total. The largest absolute Gasteiger partial charge is 0.472 e. The number of esters is 2. The van der Waals surface area contributed by atoms with Gasteiger partial charge in [-0.1, -0.05) is 251 Å². The summed E-state index contributed by atoms with van der Waals surface area (Å²) in [5.74, 6) is -0.842. The zero-order chi connectivity index (χ0) is 55.2. The van der Waals surface area contributed by atoms with Gasteiger partial charge in [0.15, 0.2) is 6.10 Å². The van der Waals surface area contributed by atoms with E-state index in [1.807, 2.05) is 0 Å². The normalized spacial score (nSPS) is 13.9. The summed E-state index contributed by atoms with van der Waals surface area (Å²) in [5, 5.41) is 0. The SMILES string of the molecule is CC/C=C\C/C=C\C/C=C\C/C=C\C/C=C\C/C=C\C/C=C\C/C=C\C/C=C\CCCCCCCCCCCC(=O)OC(COC(=O)CCCCCCCCC/C=C\CCCCCCCCC)COP(=O)(O)OCCN. The van der Waals surface area contributed by atoms with Gasteiger partial charge in [0.05, 0.1) is 13.2 Å². The number of carbonyl (C=O) groups is 2. The molecule has 0 aromatic heterocycles. The predicted octanol–water partition coefficient (Wildman–Crippen LogP) is 19.6. The van der Waals surface area contributed by atoms with E-state index in [1.165, 1.54) is 103 Å². The fourth-order valence-corrected chi connectivity index (χ4v) is 8.86. The van der Waals surface area contributed by atoms with Gasteiger partial charge in [0.1, 0.15) is 6.61 Å². The number of carbonyl (C=O) groups excluding carboxylic acids is 2. The van der Waals surface area contributed by atoms with E-state index in [1.54, 1.807) is 0 Å². The average molecular weight is 1080 g/mol. The van der Waals surface area contributed by atoms with Gasteiger partial charge in [0.25, 0.3) is 0 Å². The Labute approximate surface area is 466 Å². The second-order valence-electron chi connectivity index (χ2n) is 19.8. The smallest absolute Gasteiger partial charge is 0.462 e. The van der Waals surface area contributed by atoms with E-state index < -0.39 is 26.5 Å². The Morgan fingerprint density at radius 3 is 1.09 bits per heavy atom. The number of allylic oxidation sites excluding steroid dienone is 20. The van der Waals surface area contributed by atoms with Gasteiger partial charge in [0.2, 0.25) is 0 Å². The van der Waals surface area contributed by atoms with Crippen LogP contribution in [0, 0.1) is 0 Å². The first-order chi connectivity index (χ1) is 37.3. The standard InChI is InChI=1S/C66H112NO8P/c1-3-5-7-9-11-13-15-17-19-21-23-24-25-26-27-28-29-30-31-32-33-34-35-36-37-38-39-40-41-43-45-47-49-51-53-55-57-59-66(69)75-64(63-74-76(70,71)73-61-60-67)62-72-65(68)58-56-54-52-50-48-46-44-42-22-20-18-16-14-12-10-8-6-4-2/h5,7,11,13,17,19-20,22-24,26-27,29-30,32-33,35-36,38-39,64H,3-4,6,8-10,12,14-16,18,21,25,28,31,34,37,40-63,67H2,1-2H3,(H,70,71)/b7-5-,13-11-,19-17-,22-20-,24-23-,27-26-,30-29-,33-32-,36-35-,39-38-. The van der Waals surface area contributed by atoms with Crippen LogP contribution in [0.15, 0.2) is 122 Å². The Bertz CT molecular complexity index is 1660. The van der Waals surface area contributed by atoms with Crippen molar-refractivity contribution in [1.29, 1.82) is 0 Å². The van der Waals surface area contributed by atoms with Crippen molar-refractivity contribution < 1.29 is 37.6 Å². The Balaban J connectivity index is 3.99. The Morgan fingerprint density at radius 2 is 0.724 bits per heavy atom. The van der Waals surface area contributed by atoms with Crippen LogP contribution < -0.4 is 5.73 Å². The highest BCUT2D eigenvalue weighted by molar-refractivity contribution is 7.47. The summed E-state index contributed by atoms with van der Waals surface area (Å²) in [5.41, 5.74) is 5.38. The van der Waals surface area contributed by atoms with Gasteiger partial charge in [-0.25, -0.2) is 4.57 Å². The second kappa shape index (κ2) is 60.6. The minimum atomic E-state index is -4.40. The molecule has 0 rings (SSSR count). The highest BCUT2D eigenvalue weighted by Gasteiger charge is 2.26. The number of unbranched alkanes of at least 4 members (excludes halogenated alkanes) is 23. The van der Waals surface area contributed by atoms with Gasteiger partial charge in [-0.05, 0) is 109 Å². The molecule has 0 saturated carbocycles. The molecule has 0 fully saturated rings. The van der Waals surface area contributed by atoms with E-state index in [0.717, 1.165) is 116 Å². The van der Waals surface area contributed by atoms with Crippen molar-refractivity contribution in [3.8, 4) is 0 Å². The first kappa shape index (κ1) is 72.4. The molecule has 2 atom stereocenters.